The van der Waals surface area contributed by atoms with Gasteiger partial charge in [-0.15, -0.1) is 0 Å². The van der Waals surface area contributed by atoms with Gasteiger partial charge in [0.1, 0.15) is 17.2 Å². The van der Waals surface area contributed by atoms with E-state index in [4.69, 9.17) is 9.47 Å². The number of hydrogen-bond acceptors (Lipinski definition) is 5. The lowest BCUT2D eigenvalue weighted by Crippen LogP contribution is -2.32. The largest absolute Gasteiger partial charge is 0.497 e. The highest BCUT2D eigenvalue weighted by Crippen LogP contribution is 2.35. The van der Waals surface area contributed by atoms with E-state index >= 15 is 0 Å². The Morgan fingerprint density at radius 3 is 2.06 bits per heavy atom. The highest BCUT2D eigenvalue weighted by atomic mass is 16.5. The van der Waals surface area contributed by atoms with Crippen LogP contribution in [-0.2, 0) is 9.59 Å². The molecule has 3 aromatic rings. The van der Waals surface area contributed by atoms with Crippen LogP contribution in [0.5, 0.6) is 11.5 Å². The quantitative estimate of drug-likeness (QED) is 0.605. The molecule has 31 heavy (non-hydrogen) atoms. The van der Waals surface area contributed by atoms with Gasteiger partial charge in [0.2, 0.25) is 0 Å². The monoisotopic (exact) mass is 414 g/mol. The molecule has 3 aromatic carbocycles. The number of imide groups is 1. The van der Waals surface area contributed by atoms with Gasteiger partial charge in [-0.3, -0.25) is 9.59 Å². The summed E-state index contributed by atoms with van der Waals surface area (Å²) in [6.45, 7) is 1.92. The molecule has 4 rings (SSSR count). The molecule has 6 nitrogen and oxygen atoms in total. The van der Waals surface area contributed by atoms with E-state index in [1.165, 1.54) is 4.90 Å². The molecule has 0 aliphatic carbocycles. The molecule has 1 heterocycles. The van der Waals surface area contributed by atoms with Gasteiger partial charge >= 0.3 is 0 Å². The summed E-state index contributed by atoms with van der Waals surface area (Å²) < 4.78 is 10.7. The van der Waals surface area contributed by atoms with Gasteiger partial charge < -0.3 is 14.8 Å². The Bertz CT molecular complexity index is 1160. The number of carbonyl (C=O) groups excluding carboxylic acids is 2. The predicted octanol–water partition coefficient (Wildman–Crippen LogP) is 4.41. The van der Waals surface area contributed by atoms with Crippen LogP contribution in [0.4, 0.5) is 11.4 Å². The maximum Gasteiger partial charge on any atom is 0.282 e. The summed E-state index contributed by atoms with van der Waals surface area (Å²) in [5, 5.41) is 3.14. The maximum atomic E-state index is 13.4. The Labute approximate surface area is 180 Å². The molecule has 156 valence electrons. The van der Waals surface area contributed by atoms with Crippen LogP contribution >= 0.6 is 0 Å². The van der Waals surface area contributed by atoms with Crippen LogP contribution in [0.2, 0.25) is 0 Å². The zero-order valence-corrected chi connectivity index (χ0v) is 17.5. The summed E-state index contributed by atoms with van der Waals surface area (Å²) in [6.07, 6.45) is 0. The fourth-order valence-corrected chi connectivity index (χ4v) is 3.54. The molecule has 0 radical (unpaired) electrons. The Morgan fingerprint density at radius 1 is 0.774 bits per heavy atom. The lowest BCUT2D eigenvalue weighted by molar-refractivity contribution is -0.120. The summed E-state index contributed by atoms with van der Waals surface area (Å²) in [5.41, 5.74) is 3.24. The molecule has 0 saturated carbocycles. The Kier molecular flexibility index (Phi) is 5.45. The molecule has 0 bridgehead atoms. The molecule has 0 aromatic heterocycles. The lowest BCUT2D eigenvalue weighted by atomic mass is 10.0. The van der Waals surface area contributed by atoms with Gasteiger partial charge in [-0.2, -0.15) is 0 Å². The van der Waals surface area contributed by atoms with Crippen LogP contribution in [0.1, 0.15) is 11.1 Å². The Hall–Kier alpha value is -4.06. The van der Waals surface area contributed by atoms with E-state index < -0.39 is 5.91 Å². The Morgan fingerprint density at radius 2 is 1.45 bits per heavy atom. The topological polar surface area (TPSA) is 67.9 Å². The van der Waals surface area contributed by atoms with Crippen LogP contribution in [0.3, 0.4) is 0 Å². The molecular weight excluding hydrogens is 392 g/mol. The first-order valence-electron chi connectivity index (χ1n) is 9.77. The molecule has 1 N–H and O–H groups in total. The fraction of sp³-hybridized carbons (Fsp3) is 0.120. The number of hydrogen-bond donors (Lipinski definition) is 1. The summed E-state index contributed by atoms with van der Waals surface area (Å²) in [6, 6.07) is 21.7. The lowest BCUT2D eigenvalue weighted by Gasteiger charge is -2.16. The van der Waals surface area contributed by atoms with Gasteiger partial charge in [-0.25, -0.2) is 4.90 Å². The standard InChI is InChI=1S/C25H22N2O4/c1-16-8-7-11-19(12-16)27-24(28)22(17-9-5-4-6-10-17)23(25(27)29)26-18-13-20(30-2)15-21(14-18)31-3/h4-15,26H,1-3H3. The average Bonchev–Trinajstić information content (AvgIpc) is 3.03. The number of aryl methyl sites for hydroxylation is 1. The van der Waals surface area contributed by atoms with Crippen LogP contribution < -0.4 is 19.7 Å². The van der Waals surface area contributed by atoms with E-state index in [2.05, 4.69) is 5.32 Å². The normalized spacial score (nSPS) is 13.6. The van der Waals surface area contributed by atoms with Crippen molar-refractivity contribution in [2.45, 2.75) is 6.92 Å². The number of benzene rings is 3. The van der Waals surface area contributed by atoms with Crippen molar-refractivity contribution in [2.24, 2.45) is 0 Å². The highest BCUT2D eigenvalue weighted by Gasteiger charge is 2.40. The SMILES string of the molecule is COc1cc(NC2=C(c3ccccc3)C(=O)N(c3cccc(C)c3)C2=O)cc(OC)c1. The second-order valence-corrected chi connectivity index (χ2v) is 7.13. The minimum atomic E-state index is -0.420. The van der Waals surface area contributed by atoms with E-state index in [0.29, 0.717) is 34.0 Å². The number of rotatable bonds is 6. The summed E-state index contributed by atoms with van der Waals surface area (Å²) in [5.74, 6) is 0.336. The highest BCUT2D eigenvalue weighted by molar-refractivity contribution is 6.46. The second kappa shape index (κ2) is 8.36. The van der Waals surface area contributed by atoms with Gasteiger partial charge in [-0.05, 0) is 30.2 Å². The van der Waals surface area contributed by atoms with Crippen LogP contribution in [0.15, 0.2) is 78.5 Å². The maximum absolute atomic E-state index is 13.4. The number of amides is 2. The van der Waals surface area contributed by atoms with E-state index in [1.54, 1.807) is 38.5 Å². The molecule has 1 aliphatic heterocycles. The van der Waals surface area contributed by atoms with Gasteiger partial charge in [-0.1, -0.05) is 42.5 Å². The second-order valence-electron chi connectivity index (χ2n) is 7.13. The van der Waals surface area contributed by atoms with Crippen molar-refractivity contribution in [2.75, 3.05) is 24.4 Å². The minimum Gasteiger partial charge on any atom is -0.497 e. The minimum absolute atomic E-state index is 0.202. The molecule has 0 fully saturated rings. The van der Waals surface area contributed by atoms with Gasteiger partial charge in [0, 0.05) is 23.9 Å². The van der Waals surface area contributed by atoms with Gasteiger partial charge in [0.05, 0.1) is 25.5 Å². The molecule has 0 spiro atoms. The number of ether oxygens (including phenoxy) is 2. The van der Waals surface area contributed by atoms with E-state index in [-0.39, 0.29) is 11.6 Å². The predicted molar refractivity (Wildman–Crippen MR) is 120 cm³/mol. The third kappa shape index (κ3) is 3.88. The smallest absolute Gasteiger partial charge is 0.282 e. The summed E-state index contributed by atoms with van der Waals surface area (Å²) in [7, 11) is 3.11. The van der Waals surface area contributed by atoms with Crippen LogP contribution in [0, 0.1) is 6.92 Å². The third-order valence-electron chi connectivity index (χ3n) is 5.03. The molecular formula is C25H22N2O4. The van der Waals surface area contributed by atoms with Crippen molar-refractivity contribution in [1.29, 1.82) is 0 Å². The molecule has 0 atom stereocenters. The number of nitrogens with zero attached hydrogens (tertiary/aromatic N) is 1. The Balaban J connectivity index is 1.82. The van der Waals surface area contributed by atoms with Crippen molar-refractivity contribution >= 4 is 28.8 Å². The van der Waals surface area contributed by atoms with Crippen LogP contribution in [0.25, 0.3) is 5.57 Å². The van der Waals surface area contributed by atoms with Crippen molar-refractivity contribution in [3.8, 4) is 11.5 Å². The molecule has 6 heteroatoms. The van der Waals surface area contributed by atoms with Crippen molar-refractivity contribution < 1.29 is 19.1 Å². The molecule has 2 amide bonds. The molecule has 1 aliphatic rings. The number of methoxy groups -OCH3 is 2. The first kappa shape index (κ1) is 20.2. The van der Waals surface area contributed by atoms with Crippen molar-refractivity contribution in [1.82, 2.24) is 0 Å². The van der Waals surface area contributed by atoms with Crippen LogP contribution in [-0.4, -0.2) is 26.0 Å². The first-order valence-corrected chi connectivity index (χ1v) is 9.77. The van der Waals surface area contributed by atoms with E-state index in [1.807, 2.05) is 55.5 Å². The molecule has 0 unspecified atom stereocenters. The zero-order chi connectivity index (χ0) is 22.0. The van der Waals surface area contributed by atoms with Gasteiger partial charge in [0.25, 0.3) is 11.8 Å². The zero-order valence-electron chi connectivity index (χ0n) is 17.5. The fourth-order valence-electron chi connectivity index (χ4n) is 3.54. The van der Waals surface area contributed by atoms with Gasteiger partial charge in [0.15, 0.2) is 0 Å². The molecule has 0 saturated heterocycles. The first-order chi connectivity index (χ1) is 15.0. The average molecular weight is 414 g/mol. The van der Waals surface area contributed by atoms with Crippen molar-refractivity contribution in [3.05, 3.63) is 89.6 Å². The van der Waals surface area contributed by atoms with E-state index in [0.717, 1.165) is 5.56 Å². The number of nitrogens with one attached hydrogen (secondary N) is 1. The number of anilines is 2. The third-order valence-corrected chi connectivity index (χ3v) is 5.03. The summed E-state index contributed by atoms with van der Waals surface area (Å²) in [4.78, 5) is 28.1. The van der Waals surface area contributed by atoms with Crippen molar-refractivity contribution in [3.63, 3.8) is 0 Å². The number of carbonyl (C=O) groups is 2. The van der Waals surface area contributed by atoms with E-state index in [9.17, 15) is 9.59 Å². The summed E-state index contributed by atoms with van der Waals surface area (Å²) >= 11 is 0.